The number of hydrogen-bond acceptors (Lipinski definition) is 4. The van der Waals surface area contributed by atoms with Crippen molar-refractivity contribution >= 4 is 11.5 Å². The summed E-state index contributed by atoms with van der Waals surface area (Å²) in [6, 6.07) is 0.0571. The second-order valence-corrected chi connectivity index (χ2v) is 3.26. The fourth-order valence-electron chi connectivity index (χ4n) is 1.33. The van der Waals surface area contributed by atoms with Crippen molar-refractivity contribution in [3.8, 4) is 0 Å². The van der Waals surface area contributed by atoms with Gasteiger partial charge in [0.2, 0.25) is 0 Å². The van der Waals surface area contributed by atoms with Crippen molar-refractivity contribution in [2.24, 2.45) is 5.16 Å². The van der Waals surface area contributed by atoms with E-state index in [0.717, 1.165) is 13.0 Å². The largest absolute Gasteiger partial charge is 0.411 e. The van der Waals surface area contributed by atoms with Gasteiger partial charge in [-0.05, 0) is 20.4 Å². The molecule has 0 aromatic rings. The van der Waals surface area contributed by atoms with E-state index in [1.807, 2.05) is 11.9 Å². The van der Waals surface area contributed by atoms with Gasteiger partial charge in [0.15, 0.2) is 5.78 Å². The Hall–Kier alpha value is -0.900. The van der Waals surface area contributed by atoms with Crippen LogP contribution in [0.3, 0.4) is 0 Å². The molecule has 1 unspecified atom stereocenters. The van der Waals surface area contributed by atoms with Crippen LogP contribution >= 0.6 is 0 Å². The summed E-state index contributed by atoms with van der Waals surface area (Å²) >= 11 is 0. The molecule has 1 saturated heterocycles. The van der Waals surface area contributed by atoms with Crippen molar-refractivity contribution in [3.63, 3.8) is 0 Å². The van der Waals surface area contributed by atoms with E-state index in [9.17, 15) is 4.79 Å². The molecule has 0 spiro atoms. The Labute approximate surface area is 71.9 Å². The van der Waals surface area contributed by atoms with Crippen molar-refractivity contribution in [1.82, 2.24) is 4.90 Å². The summed E-state index contributed by atoms with van der Waals surface area (Å²) in [4.78, 5) is 13.4. The molecule has 68 valence electrons. The number of Topliss-reactive ketones (excluding diaryl/α,β-unsaturated/α-hetero) is 1. The number of rotatable bonds is 3. The lowest BCUT2D eigenvalue weighted by Gasteiger charge is -2.36. The van der Waals surface area contributed by atoms with E-state index in [2.05, 4.69) is 5.16 Å². The molecular weight excluding hydrogens is 156 g/mol. The molecule has 1 atom stereocenters. The lowest BCUT2D eigenvalue weighted by atomic mass is 9.96. The molecule has 4 nitrogen and oxygen atoms in total. The highest BCUT2D eigenvalue weighted by atomic mass is 16.4. The van der Waals surface area contributed by atoms with E-state index in [0.29, 0.717) is 5.71 Å². The average Bonchev–Trinajstić information content (AvgIpc) is 2.01. The molecule has 0 amide bonds. The van der Waals surface area contributed by atoms with Crippen LogP contribution < -0.4 is 0 Å². The summed E-state index contributed by atoms with van der Waals surface area (Å²) in [5.41, 5.74) is 0.486. The number of hydrogen-bond donors (Lipinski definition) is 1. The van der Waals surface area contributed by atoms with Gasteiger partial charge in [-0.3, -0.25) is 9.69 Å². The van der Waals surface area contributed by atoms with E-state index >= 15 is 0 Å². The molecule has 0 bridgehead atoms. The van der Waals surface area contributed by atoms with E-state index in [1.54, 1.807) is 6.92 Å². The molecule has 0 aromatic heterocycles. The monoisotopic (exact) mass is 170 g/mol. The van der Waals surface area contributed by atoms with E-state index in [-0.39, 0.29) is 18.2 Å². The van der Waals surface area contributed by atoms with E-state index < -0.39 is 0 Å². The molecule has 0 radical (unpaired) electrons. The lowest BCUT2D eigenvalue weighted by Crippen LogP contribution is -2.50. The zero-order chi connectivity index (χ0) is 9.14. The fourth-order valence-corrected chi connectivity index (χ4v) is 1.33. The molecule has 1 N–H and O–H groups in total. The Morgan fingerprint density at radius 1 is 1.75 bits per heavy atom. The minimum absolute atomic E-state index is 0.0571. The van der Waals surface area contributed by atoms with Gasteiger partial charge >= 0.3 is 0 Å². The zero-order valence-electron chi connectivity index (χ0n) is 7.45. The van der Waals surface area contributed by atoms with Crippen molar-refractivity contribution in [2.75, 3.05) is 13.6 Å². The van der Waals surface area contributed by atoms with Crippen molar-refractivity contribution in [3.05, 3.63) is 0 Å². The first-order chi connectivity index (χ1) is 5.65. The summed E-state index contributed by atoms with van der Waals surface area (Å²) in [6.07, 6.45) is 1.21. The van der Waals surface area contributed by atoms with Crippen LogP contribution in [0.25, 0.3) is 0 Å². The highest BCUT2D eigenvalue weighted by Crippen LogP contribution is 2.16. The summed E-state index contributed by atoms with van der Waals surface area (Å²) in [6.45, 7) is 2.64. The third-order valence-electron chi connectivity index (χ3n) is 2.26. The Balaban J connectivity index is 2.38. The number of nitrogens with zero attached hydrogens (tertiary/aromatic N) is 2. The van der Waals surface area contributed by atoms with Crippen molar-refractivity contribution in [1.29, 1.82) is 0 Å². The Morgan fingerprint density at radius 3 is 2.75 bits per heavy atom. The highest BCUT2D eigenvalue weighted by molar-refractivity contribution is 6.03. The summed E-state index contributed by atoms with van der Waals surface area (Å²) < 4.78 is 0. The molecule has 1 fully saturated rings. The topological polar surface area (TPSA) is 52.9 Å². The lowest BCUT2D eigenvalue weighted by molar-refractivity contribution is -0.126. The molecule has 0 saturated carbocycles. The maximum atomic E-state index is 11.4. The van der Waals surface area contributed by atoms with Crippen molar-refractivity contribution in [2.45, 2.75) is 25.8 Å². The second-order valence-electron chi connectivity index (χ2n) is 3.26. The SMILES string of the molecule is C/C(CC(=O)C1CCN1C)=N\O. The standard InChI is InChI=1S/C8H14N2O2/c1-6(9-12)5-8(11)7-3-4-10(7)2/h7,12H,3-5H2,1-2H3/b9-6+. The number of oxime groups is 1. The second kappa shape index (κ2) is 3.67. The van der Waals surface area contributed by atoms with Gasteiger partial charge in [0.25, 0.3) is 0 Å². The Morgan fingerprint density at radius 2 is 2.42 bits per heavy atom. The Bertz CT molecular complexity index is 213. The normalized spacial score (nSPS) is 25.2. The average molecular weight is 170 g/mol. The van der Waals surface area contributed by atoms with Gasteiger partial charge in [0.05, 0.1) is 11.8 Å². The predicted octanol–water partition coefficient (Wildman–Crippen LogP) is 0.500. The van der Waals surface area contributed by atoms with Crippen LogP contribution in [0.15, 0.2) is 5.16 Å². The van der Waals surface area contributed by atoms with Crippen LogP contribution in [0.2, 0.25) is 0 Å². The molecule has 1 aliphatic heterocycles. The third-order valence-corrected chi connectivity index (χ3v) is 2.26. The van der Waals surface area contributed by atoms with E-state index in [1.165, 1.54) is 0 Å². The minimum Gasteiger partial charge on any atom is -0.411 e. The molecular formula is C8H14N2O2. The van der Waals surface area contributed by atoms with Crippen LogP contribution in [0.1, 0.15) is 19.8 Å². The summed E-state index contributed by atoms with van der Waals surface area (Å²) in [7, 11) is 1.93. The number of likely N-dealkylation sites (N-methyl/N-ethyl adjacent to an activating group) is 1. The third kappa shape index (κ3) is 1.82. The summed E-state index contributed by atoms with van der Waals surface area (Å²) in [5.74, 6) is 0.152. The Kier molecular flexibility index (Phi) is 2.81. The number of carbonyl (C=O) groups excluding carboxylic acids is 1. The molecule has 0 aliphatic carbocycles. The van der Waals surface area contributed by atoms with Crippen LogP contribution in [0.4, 0.5) is 0 Å². The van der Waals surface area contributed by atoms with Gasteiger partial charge in [0, 0.05) is 13.0 Å². The molecule has 4 heteroatoms. The number of likely N-dealkylation sites (tertiary alicyclic amines) is 1. The first-order valence-corrected chi connectivity index (χ1v) is 4.05. The first-order valence-electron chi connectivity index (χ1n) is 4.05. The molecule has 1 heterocycles. The van der Waals surface area contributed by atoms with Gasteiger partial charge < -0.3 is 5.21 Å². The number of ketones is 1. The smallest absolute Gasteiger partial charge is 0.155 e. The molecule has 1 aliphatic rings. The number of carbonyl (C=O) groups is 1. The van der Waals surface area contributed by atoms with Crippen LogP contribution in [-0.2, 0) is 4.79 Å². The van der Waals surface area contributed by atoms with Crippen molar-refractivity contribution < 1.29 is 10.0 Å². The summed E-state index contributed by atoms with van der Waals surface area (Å²) in [5, 5.41) is 11.3. The van der Waals surface area contributed by atoms with Crippen LogP contribution in [0, 0.1) is 0 Å². The molecule has 12 heavy (non-hydrogen) atoms. The maximum Gasteiger partial charge on any atom is 0.155 e. The minimum atomic E-state index is 0.0571. The highest BCUT2D eigenvalue weighted by Gasteiger charge is 2.30. The van der Waals surface area contributed by atoms with Gasteiger partial charge in [-0.15, -0.1) is 0 Å². The molecule has 0 aromatic carbocycles. The van der Waals surface area contributed by atoms with E-state index in [4.69, 9.17) is 5.21 Å². The zero-order valence-corrected chi connectivity index (χ0v) is 7.45. The maximum absolute atomic E-state index is 11.4. The van der Waals surface area contributed by atoms with Gasteiger partial charge in [-0.25, -0.2) is 0 Å². The van der Waals surface area contributed by atoms with Crippen LogP contribution in [-0.4, -0.2) is 41.2 Å². The fraction of sp³-hybridized carbons (Fsp3) is 0.750. The van der Waals surface area contributed by atoms with Gasteiger partial charge in [-0.2, -0.15) is 0 Å². The van der Waals surface area contributed by atoms with Gasteiger partial charge in [0.1, 0.15) is 0 Å². The predicted molar refractivity (Wildman–Crippen MR) is 45.6 cm³/mol. The van der Waals surface area contributed by atoms with Crippen LogP contribution in [0.5, 0.6) is 0 Å². The molecule has 1 rings (SSSR count). The van der Waals surface area contributed by atoms with Gasteiger partial charge in [-0.1, -0.05) is 5.16 Å². The first kappa shape index (κ1) is 9.19. The quantitative estimate of drug-likeness (QED) is 0.381.